The Morgan fingerprint density at radius 2 is 1.96 bits per heavy atom. The Morgan fingerprint density at radius 3 is 2.48 bits per heavy atom. The fraction of sp³-hybridized carbons (Fsp3) is 0.235. The van der Waals surface area contributed by atoms with E-state index in [1.807, 2.05) is 13.0 Å². The van der Waals surface area contributed by atoms with E-state index in [9.17, 15) is 20.0 Å². The highest BCUT2D eigenvalue weighted by Gasteiger charge is 2.24. The molecule has 1 aromatic heterocycles. The van der Waals surface area contributed by atoms with E-state index in [1.54, 1.807) is 12.1 Å². The number of hydrogen-bond acceptors (Lipinski definition) is 4. The molecule has 0 saturated carbocycles. The number of pyridine rings is 1. The number of halogens is 1. The van der Waals surface area contributed by atoms with Crippen LogP contribution in [0.5, 0.6) is 5.88 Å². The lowest BCUT2D eigenvalue weighted by atomic mass is 9.97. The smallest absolute Gasteiger partial charge is 0.271 e. The molecular formula is C17H15ClN2O3. The molecular weight excluding hydrogens is 316 g/mol. The SMILES string of the molecule is CCCn1c(O)c(C(=O)c2ccc(Cl)cc2)c(C)c(C#N)c1=O. The number of hydrogen-bond donors (Lipinski definition) is 1. The molecule has 0 amide bonds. The van der Waals surface area contributed by atoms with E-state index < -0.39 is 17.2 Å². The molecule has 1 aromatic carbocycles. The molecule has 23 heavy (non-hydrogen) atoms. The summed E-state index contributed by atoms with van der Waals surface area (Å²) in [4.78, 5) is 24.9. The Kier molecular flexibility index (Phi) is 4.87. The second-order valence-corrected chi connectivity index (χ2v) is 5.54. The van der Waals surface area contributed by atoms with Crippen LogP contribution in [0.2, 0.25) is 5.02 Å². The van der Waals surface area contributed by atoms with Crippen molar-refractivity contribution in [1.82, 2.24) is 4.57 Å². The van der Waals surface area contributed by atoms with Gasteiger partial charge in [0.1, 0.15) is 11.6 Å². The van der Waals surface area contributed by atoms with Gasteiger partial charge in [-0.15, -0.1) is 0 Å². The topological polar surface area (TPSA) is 83.1 Å². The van der Waals surface area contributed by atoms with Gasteiger partial charge < -0.3 is 5.11 Å². The third-order valence-corrected chi connectivity index (χ3v) is 3.83. The molecule has 2 rings (SSSR count). The first-order chi connectivity index (χ1) is 10.9. The molecule has 1 N–H and O–H groups in total. The highest BCUT2D eigenvalue weighted by molar-refractivity contribution is 6.30. The third-order valence-electron chi connectivity index (χ3n) is 3.58. The molecule has 0 spiro atoms. The van der Waals surface area contributed by atoms with Gasteiger partial charge in [-0.05, 0) is 43.2 Å². The van der Waals surface area contributed by atoms with Crippen molar-refractivity contribution in [2.75, 3.05) is 0 Å². The molecule has 1 heterocycles. The lowest BCUT2D eigenvalue weighted by Gasteiger charge is -2.15. The number of aromatic hydroxyl groups is 1. The summed E-state index contributed by atoms with van der Waals surface area (Å²) in [5.74, 6) is -0.869. The van der Waals surface area contributed by atoms with Crippen molar-refractivity contribution >= 4 is 17.4 Å². The number of nitriles is 1. The molecule has 0 bridgehead atoms. The van der Waals surface area contributed by atoms with Crippen molar-refractivity contribution < 1.29 is 9.90 Å². The molecule has 0 aliphatic rings. The van der Waals surface area contributed by atoms with E-state index in [4.69, 9.17) is 11.6 Å². The first-order valence-electron chi connectivity index (χ1n) is 7.09. The summed E-state index contributed by atoms with van der Waals surface area (Å²) in [5, 5.41) is 20.1. The van der Waals surface area contributed by atoms with Crippen LogP contribution >= 0.6 is 11.6 Å². The highest BCUT2D eigenvalue weighted by Crippen LogP contribution is 2.25. The Morgan fingerprint density at radius 1 is 1.35 bits per heavy atom. The molecule has 0 saturated heterocycles. The van der Waals surface area contributed by atoms with Crippen LogP contribution in [0.1, 0.15) is 40.4 Å². The van der Waals surface area contributed by atoms with Gasteiger partial charge in [-0.2, -0.15) is 5.26 Å². The van der Waals surface area contributed by atoms with Crippen molar-refractivity contribution in [1.29, 1.82) is 5.26 Å². The van der Waals surface area contributed by atoms with Crippen LogP contribution in [-0.4, -0.2) is 15.5 Å². The van der Waals surface area contributed by atoms with E-state index in [-0.39, 0.29) is 23.2 Å². The lowest BCUT2D eigenvalue weighted by Crippen LogP contribution is -2.26. The average Bonchev–Trinajstić information content (AvgIpc) is 2.52. The first-order valence-corrected chi connectivity index (χ1v) is 7.46. The summed E-state index contributed by atoms with van der Waals surface area (Å²) in [5.41, 5.74) is -0.247. The van der Waals surface area contributed by atoms with Gasteiger partial charge in [0.25, 0.3) is 5.56 Å². The molecule has 5 nitrogen and oxygen atoms in total. The van der Waals surface area contributed by atoms with Crippen molar-refractivity contribution in [2.45, 2.75) is 26.8 Å². The van der Waals surface area contributed by atoms with E-state index in [0.717, 1.165) is 4.57 Å². The largest absolute Gasteiger partial charge is 0.494 e. The molecule has 2 aromatic rings. The normalized spacial score (nSPS) is 10.3. The zero-order chi connectivity index (χ0) is 17.1. The van der Waals surface area contributed by atoms with E-state index in [0.29, 0.717) is 17.0 Å². The van der Waals surface area contributed by atoms with Crippen LogP contribution in [0.4, 0.5) is 0 Å². The van der Waals surface area contributed by atoms with Crippen molar-refractivity contribution in [3.05, 3.63) is 61.9 Å². The van der Waals surface area contributed by atoms with Crippen molar-refractivity contribution in [3.8, 4) is 11.9 Å². The minimum absolute atomic E-state index is 0.0306. The van der Waals surface area contributed by atoms with Crippen LogP contribution in [0.25, 0.3) is 0 Å². The Balaban J connectivity index is 2.73. The van der Waals surface area contributed by atoms with Gasteiger partial charge in [-0.1, -0.05) is 18.5 Å². The number of ketones is 1. The van der Waals surface area contributed by atoms with Crippen molar-refractivity contribution in [3.63, 3.8) is 0 Å². The van der Waals surface area contributed by atoms with Crippen molar-refractivity contribution in [2.24, 2.45) is 0 Å². The molecule has 6 heteroatoms. The summed E-state index contributed by atoms with van der Waals surface area (Å²) in [6.07, 6.45) is 0.579. The number of benzene rings is 1. The first kappa shape index (κ1) is 16.8. The zero-order valence-electron chi connectivity index (χ0n) is 12.8. The number of nitrogens with zero attached hydrogens (tertiary/aromatic N) is 2. The summed E-state index contributed by atoms with van der Waals surface area (Å²) in [7, 11) is 0. The number of carbonyl (C=O) groups excluding carboxylic acids is 1. The van der Waals surface area contributed by atoms with Gasteiger partial charge in [-0.3, -0.25) is 14.2 Å². The maximum absolute atomic E-state index is 12.7. The summed E-state index contributed by atoms with van der Waals surface area (Å²) in [6, 6.07) is 8.02. The summed E-state index contributed by atoms with van der Waals surface area (Å²) >= 11 is 5.81. The monoisotopic (exact) mass is 330 g/mol. The molecule has 0 atom stereocenters. The van der Waals surface area contributed by atoms with E-state index in [1.165, 1.54) is 19.1 Å². The maximum Gasteiger partial charge on any atom is 0.271 e. The predicted molar refractivity (Wildman–Crippen MR) is 87.0 cm³/mol. The molecule has 0 unspecified atom stereocenters. The van der Waals surface area contributed by atoms with Crippen LogP contribution in [0.3, 0.4) is 0 Å². The number of rotatable bonds is 4. The van der Waals surface area contributed by atoms with Gasteiger partial charge in [0.15, 0.2) is 5.78 Å². The fourth-order valence-corrected chi connectivity index (χ4v) is 2.53. The van der Waals surface area contributed by atoms with Crippen LogP contribution in [0.15, 0.2) is 29.1 Å². The Bertz CT molecular complexity index is 861. The molecule has 0 aliphatic carbocycles. The highest BCUT2D eigenvalue weighted by atomic mass is 35.5. The lowest BCUT2D eigenvalue weighted by molar-refractivity contribution is 0.103. The van der Waals surface area contributed by atoms with E-state index in [2.05, 4.69) is 0 Å². The van der Waals surface area contributed by atoms with Crippen LogP contribution in [0, 0.1) is 18.3 Å². The molecule has 0 radical (unpaired) electrons. The van der Waals surface area contributed by atoms with E-state index >= 15 is 0 Å². The average molecular weight is 331 g/mol. The van der Waals surface area contributed by atoms with Crippen LogP contribution in [-0.2, 0) is 6.54 Å². The molecule has 0 aliphatic heterocycles. The van der Waals surface area contributed by atoms with Gasteiger partial charge in [0, 0.05) is 17.1 Å². The minimum Gasteiger partial charge on any atom is -0.494 e. The Labute approximate surface area is 138 Å². The quantitative estimate of drug-likeness (QED) is 0.873. The molecule has 118 valence electrons. The molecule has 0 fully saturated rings. The summed E-state index contributed by atoms with van der Waals surface area (Å²) < 4.78 is 1.06. The predicted octanol–water partition coefficient (Wildman–Crippen LogP) is 3.03. The fourth-order valence-electron chi connectivity index (χ4n) is 2.40. The van der Waals surface area contributed by atoms with Gasteiger partial charge in [0.2, 0.25) is 5.88 Å². The summed E-state index contributed by atoms with van der Waals surface area (Å²) in [6.45, 7) is 3.54. The second-order valence-electron chi connectivity index (χ2n) is 5.10. The Hall–Kier alpha value is -2.58. The standard InChI is InChI=1S/C17H15ClN2O3/c1-3-8-20-16(22)13(9-19)10(2)14(17(20)23)15(21)11-4-6-12(18)7-5-11/h4-7,23H,3,8H2,1-2H3. The van der Waals surface area contributed by atoms with Crippen LogP contribution < -0.4 is 5.56 Å². The zero-order valence-corrected chi connectivity index (χ0v) is 13.5. The second kappa shape index (κ2) is 6.67. The third kappa shape index (κ3) is 2.99. The van der Waals surface area contributed by atoms with Gasteiger partial charge in [-0.25, -0.2) is 0 Å². The van der Waals surface area contributed by atoms with Gasteiger partial charge in [0.05, 0.1) is 5.56 Å². The van der Waals surface area contributed by atoms with Gasteiger partial charge >= 0.3 is 0 Å². The number of aromatic nitrogens is 1. The maximum atomic E-state index is 12.7. The minimum atomic E-state index is -0.586. The number of carbonyl (C=O) groups is 1.